The van der Waals surface area contributed by atoms with Crippen LogP contribution in [0.25, 0.3) is 11.4 Å². The Morgan fingerprint density at radius 2 is 2.11 bits per heavy atom. The number of nitrogens with zero attached hydrogens (tertiary/aromatic N) is 3. The van der Waals surface area contributed by atoms with Crippen LogP contribution >= 0.6 is 0 Å². The van der Waals surface area contributed by atoms with Gasteiger partial charge in [-0.1, -0.05) is 0 Å². The summed E-state index contributed by atoms with van der Waals surface area (Å²) in [5.74, 6) is -0.0891. The van der Waals surface area contributed by atoms with Crippen molar-refractivity contribution in [2.24, 2.45) is 0 Å². The van der Waals surface area contributed by atoms with E-state index < -0.39 is 12.0 Å². The third kappa shape index (κ3) is 2.09. The fraction of sp³-hybridized carbons (Fsp3) is 0.308. The topological polar surface area (TPSA) is 68.0 Å². The monoisotopic (exact) mass is 261 g/mol. The maximum atomic E-state index is 12.9. The van der Waals surface area contributed by atoms with Crippen molar-refractivity contribution in [1.29, 1.82) is 0 Å². The number of carboxylic acid groups (broad SMARTS) is 1. The van der Waals surface area contributed by atoms with E-state index in [1.807, 2.05) is 0 Å². The van der Waals surface area contributed by atoms with Crippen LogP contribution in [-0.2, 0) is 11.2 Å². The van der Waals surface area contributed by atoms with Gasteiger partial charge in [-0.25, -0.2) is 18.9 Å². The first-order chi connectivity index (χ1) is 9.15. The molecule has 1 aromatic carbocycles. The summed E-state index contributed by atoms with van der Waals surface area (Å²) in [4.78, 5) is 15.5. The number of hydrogen-bond acceptors (Lipinski definition) is 3. The maximum Gasteiger partial charge on any atom is 0.328 e. The van der Waals surface area contributed by atoms with Crippen molar-refractivity contribution in [1.82, 2.24) is 14.8 Å². The average molecular weight is 261 g/mol. The van der Waals surface area contributed by atoms with Crippen molar-refractivity contribution in [2.45, 2.75) is 25.3 Å². The quantitative estimate of drug-likeness (QED) is 0.898. The van der Waals surface area contributed by atoms with Gasteiger partial charge < -0.3 is 5.11 Å². The largest absolute Gasteiger partial charge is 0.480 e. The molecule has 0 amide bonds. The molecule has 2 heterocycles. The van der Waals surface area contributed by atoms with Crippen LogP contribution in [0.2, 0.25) is 0 Å². The maximum absolute atomic E-state index is 12.9. The van der Waals surface area contributed by atoms with E-state index >= 15 is 0 Å². The zero-order valence-electron chi connectivity index (χ0n) is 10.1. The Labute approximate surface area is 108 Å². The van der Waals surface area contributed by atoms with Crippen molar-refractivity contribution in [3.8, 4) is 11.4 Å². The molecule has 1 aromatic heterocycles. The minimum atomic E-state index is -0.892. The molecule has 1 N–H and O–H groups in total. The van der Waals surface area contributed by atoms with Gasteiger partial charge in [-0.2, -0.15) is 0 Å². The summed E-state index contributed by atoms with van der Waals surface area (Å²) in [5, 5.41) is 13.4. The molecule has 1 aliphatic heterocycles. The first kappa shape index (κ1) is 11.8. The Morgan fingerprint density at radius 1 is 1.37 bits per heavy atom. The van der Waals surface area contributed by atoms with Crippen molar-refractivity contribution >= 4 is 5.97 Å². The van der Waals surface area contributed by atoms with Crippen LogP contribution in [0, 0.1) is 5.82 Å². The molecule has 1 unspecified atom stereocenters. The van der Waals surface area contributed by atoms with Crippen LogP contribution in [0.4, 0.5) is 4.39 Å². The lowest BCUT2D eigenvalue weighted by molar-refractivity contribution is -0.141. The molecule has 0 saturated carbocycles. The summed E-state index contributed by atoms with van der Waals surface area (Å²) >= 11 is 0. The van der Waals surface area contributed by atoms with Crippen LogP contribution in [0.1, 0.15) is 24.7 Å². The van der Waals surface area contributed by atoms with E-state index in [4.69, 9.17) is 5.11 Å². The van der Waals surface area contributed by atoms with E-state index in [1.165, 1.54) is 16.8 Å². The first-order valence-electron chi connectivity index (χ1n) is 6.09. The highest BCUT2D eigenvalue weighted by molar-refractivity contribution is 5.72. The minimum Gasteiger partial charge on any atom is -0.480 e. The predicted octanol–water partition coefficient (Wildman–Crippen LogP) is 2.05. The van der Waals surface area contributed by atoms with E-state index in [0.717, 1.165) is 12.8 Å². The summed E-state index contributed by atoms with van der Waals surface area (Å²) in [7, 11) is 0. The van der Waals surface area contributed by atoms with Crippen molar-refractivity contribution < 1.29 is 14.3 Å². The Morgan fingerprint density at radius 3 is 2.79 bits per heavy atom. The van der Waals surface area contributed by atoms with Gasteiger partial charge in [-0.3, -0.25) is 0 Å². The third-order valence-electron chi connectivity index (χ3n) is 3.26. The van der Waals surface area contributed by atoms with Crippen LogP contribution in [0.3, 0.4) is 0 Å². The molecule has 98 valence electrons. The van der Waals surface area contributed by atoms with E-state index in [-0.39, 0.29) is 5.82 Å². The molecule has 2 aromatic rings. The lowest BCUT2D eigenvalue weighted by atomic mass is 10.1. The molecule has 0 bridgehead atoms. The highest BCUT2D eigenvalue weighted by atomic mass is 19.1. The Kier molecular flexibility index (Phi) is 2.77. The fourth-order valence-electron chi connectivity index (χ4n) is 2.30. The summed E-state index contributed by atoms with van der Waals surface area (Å²) in [6, 6.07) is 5.21. The number of rotatable bonds is 2. The van der Waals surface area contributed by atoms with Gasteiger partial charge in [0.1, 0.15) is 11.6 Å². The summed E-state index contributed by atoms with van der Waals surface area (Å²) in [5.41, 5.74) is 0.687. The molecule has 19 heavy (non-hydrogen) atoms. The van der Waals surface area contributed by atoms with Crippen molar-refractivity contribution in [2.75, 3.05) is 0 Å². The molecular formula is C13H12FN3O2. The second kappa shape index (κ2) is 4.46. The molecule has 3 rings (SSSR count). The molecule has 1 aliphatic rings. The van der Waals surface area contributed by atoms with Gasteiger partial charge in [-0.15, -0.1) is 5.10 Å². The van der Waals surface area contributed by atoms with Crippen molar-refractivity contribution in [3.63, 3.8) is 0 Å². The second-order valence-electron chi connectivity index (χ2n) is 4.55. The number of carboxylic acids is 1. The third-order valence-corrected chi connectivity index (χ3v) is 3.26. The molecule has 0 radical (unpaired) electrons. The number of aryl methyl sites for hydroxylation is 1. The summed E-state index contributed by atoms with van der Waals surface area (Å²) < 4.78 is 14.4. The molecule has 0 saturated heterocycles. The van der Waals surface area contributed by atoms with Gasteiger partial charge in [-0.05, 0) is 37.1 Å². The van der Waals surface area contributed by atoms with Gasteiger partial charge >= 0.3 is 5.97 Å². The van der Waals surface area contributed by atoms with Crippen LogP contribution in [-0.4, -0.2) is 25.8 Å². The Bertz CT molecular complexity index is 621. The SMILES string of the molecule is O=C(O)C1CCCc2nc(-c3ccc(F)cc3)nn21. The fourth-order valence-corrected chi connectivity index (χ4v) is 2.30. The number of fused-ring (bicyclic) bond motifs is 1. The molecule has 0 fully saturated rings. The number of carbonyl (C=O) groups is 1. The van der Waals surface area contributed by atoms with Gasteiger partial charge in [0.25, 0.3) is 0 Å². The lowest BCUT2D eigenvalue weighted by Gasteiger charge is -2.19. The van der Waals surface area contributed by atoms with Crippen LogP contribution < -0.4 is 0 Å². The highest BCUT2D eigenvalue weighted by Crippen LogP contribution is 2.26. The highest BCUT2D eigenvalue weighted by Gasteiger charge is 2.28. The Hall–Kier alpha value is -2.24. The number of halogens is 1. The summed E-state index contributed by atoms with van der Waals surface area (Å²) in [6.45, 7) is 0. The molecule has 1 atom stereocenters. The predicted molar refractivity (Wildman–Crippen MR) is 65.0 cm³/mol. The van der Waals surface area contributed by atoms with Gasteiger partial charge in [0, 0.05) is 12.0 Å². The summed E-state index contributed by atoms with van der Waals surface area (Å²) in [6.07, 6.45) is 2.07. The minimum absolute atomic E-state index is 0.323. The van der Waals surface area contributed by atoms with Gasteiger partial charge in [0.15, 0.2) is 11.9 Å². The van der Waals surface area contributed by atoms with E-state index in [1.54, 1.807) is 12.1 Å². The zero-order valence-corrected chi connectivity index (χ0v) is 10.1. The number of aromatic nitrogens is 3. The standard InChI is InChI=1S/C13H12FN3O2/c14-9-6-4-8(5-7-9)12-15-11-3-1-2-10(13(18)19)17(11)16-12/h4-7,10H,1-3H2,(H,18,19). The Balaban J connectivity index is 2.02. The normalized spacial score (nSPS) is 18.1. The molecule has 5 nitrogen and oxygen atoms in total. The zero-order chi connectivity index (χ0) is 13.4. The second-order valence-corrected chi connectivity index (χ2v) is 4.55. The number of hydrogen-bond donors (Lipinski definition) is 1. The lowest BCUT2D eigenvalue weighted by Crippen LogP contribution is -2.25. The molecule has 0 spiro atoms. The number of benzene rings is 1. The van der Waals surface area contributed by atoms with Crippen molar-refractivity contribution in [3.05, 3.63) is 35.9 Å². The first-order valence-corrected chi connectivity index (χ1v) is 6.09. The average Bonchev–Trinajstić information content (AvgIpc) is 2.82. The molecular weight excluding hydrogens is 249 g/mol. The van der Waals surface area contributed by atoms with Gasteiger partial charge in [0.2, 0.25) is 0 Å². The smallest absolute Gasteiger partial charge is 0.328 e. The molecule has 0 aliphatic carbocycles. The van der Waals surface area contributed by atoms with Crippen LogP contribution in [0.15, 0.2) is 24.3 Å². The number of aliphatic carboxylic acids is 1. The van der Waals surface area contributed by atoms with E-state index in [2.05, 4.69) is 10.1 Å². The van der Waals surface area contributed by atoms with E-state index in [9.17, 15) is 9.18 Å². The van der Waals surface area contributed by atoms with Gasteiger partial charge in [0.05, 0.1) is 0 Å². The molecule has 6 heteroatoms. The van der Waals surface area contributed by atoms with Crippen LogP contribution in [0.5, 0.6) is 0 Å². The van der Waals surface area contributed by atoms with E-state index in [0.29, 0.717) is 23.6 Å².